The molecule has 182 valence electrons. The minimum absolute atomic E-state index is 0.0379. The largest absolute Gasteiger partial charge is 0.458 e. The second-order valence-corrected chi connectivity index (χ2v) is 9.22. The first-order chi connectivity index (χ1) is 17.4. The van der Waals surface area contributed by atoms with Gasteiger partial charge in [-0.15, -0.1) is 5.10 Å². The summed E-state index contributed by atoms with van der Waals surface area (Å²) < 4.78 is 23.7. The first kappa shape index (κ1) is 22.6. The topological polar surface area (TPSA) is 103 Å². The van der Waals surface area contributed by atoms with Gasteiger partial charge >= 0.3 is 5.82 Å². The van der Waals surface area contributed by atoms with E-state index in [1.165, 1.54) is 24.4 Å². The van der Waals surface area contributed by atoms with Crippen molar-refractivity contribution < 1.29 is 18.2 Å². The zero-order chi connectivity index (χ0) is 25.0. The molecule has 0 radical (unpaired) electrons. The molecule has 0 aliphatic carbocycles. The van der Waals surface area contributed by atoms with E-state index in [1.807, 2.05) is 10.6 Å². The quantitative estimate of drug-likeness (QED) is 0.348. The van der Waals surface area contributed by atoms with Gasteiger partial charge in [-0.25, -0.2) is 8.96 Å². The van der Waals surface area contributed by atoms with Crippen LogP contribution < -0.4 is 10.1 Å². The van der Waals surface area contributed by atoms with Crippen LogP contribution in [0.5, 0.6) is 0 Å². The fourth-order valence-electron chi connectivity index (χ4n) is 4.52. The molecule has 2 N–H and O–H groups in total. The molecule has 5 aromatic rings. The van der Waals surface area contributed by atoms with E-state index >= 15 is 0 Å². The Morgan fingerprint density at radius 3 is 2.92 bits per heavy atom. The molecule has 0 saturated heterocycles. The number of benzene rings is 1. The summed E-state index contributed by atoms with van der Waals surface area (Å²) in [5.41, 5.74) is 1.23. The van der Waals surface area contributed by atoms with Gasteiger partial charge in [0.2, 0.25) is 5.76 Å². The third kappa shape index (κ3) is 3.69. The number of rotatable bonds is 4. The number of aromatic nitrogens is 5. The second-order valence-electron chi connectivity index (χ2n) is 8.45. The Bertz CT molecular complexity index is 1690. The van der Waals surface area contributed by atoms with Gasteiger partial charge in [0.25, 0.3) is 17.3 Å². The number of halogens is 3. The van der Waals surface area contributed by atoms with Crippen LogP contribution >= 0.6 is 23.2 Å². The van der Waals surface area contributed by atoms with Crippen molar-refractivity contribution in [3.63, 3.8) is 0 Å². The number of aromatic amines is 2. The molecule has 0 atom stereocenters. The van der Waals surface area contributed by atoms with Crippen molar-refractivity contribution in [2.75, 3.05) is 6.54 Å². The lowest BCUT2D eigenvalue weighted by Gasteiger charge is -2.25. The molecule has 0 spiro atoms. The maximum Gasteiger partial charge on any atom is 0.344 e. The highest BCUT2D eigenvalue weighted by atomic mass is 35.5. The fraction of sp³-hybridized carbons (Fsp3) is 0.167. The first-order valence-corrected chi connectivity index (χ1v) is 11.8. The van der Waals surface area contributed by atoms with Crippen LogP contribution in [-0.4, -0.2) is 36.9 Å². The minimum atomic E-state index is -0.614. The molecule has 0 fully saturated rings. The van der Waals surface area contributed by atoms with Gasteiger partial charge in [-0.05, 0) is 35.9 Å². The van der Waals surface area contributed by atoms with E-state index in [4.69, 9.17) is 27.6 Å². The van der Waals surface area contributed by atoms with Crippen LogP contribution in [0.3, 0.4) is 0 Å². The van der Waals surface area contributed by atoms with Crippen molar-refractivity contribution in [3.8, 4) is 11.6 Å². The van der Waals surface area contributed by atoms with E-state index < -0.39 is 11.7 Å². The van der Waals surface area contributed by atoms with Gasteiger partial charge in [0.15, 0.2) is 0 Å². The van der Waals surface area contributed by atoms with E-state index in [0.29, 0.717) is 47.3 Å². The smallest absolute Gasteiger partial charge is 0.344 e. The summed E-state index contributed by atoms with van der Waals surface area (Å²) in [4.78, 5) is 29.7. The van der Waals surface area contributed by atoms with Crippen molar-refractivity contribution in [2.45, 2.75) is 19.5 Å². The number of hydrogen-bond acceptors (Lipinski definition) is 4. The number of carbonyl (C=O) groups is 1. The highest BCUT2D eigenvalue weighted by Gasteiger charge is 2.32. The monoisotopic (exact) mass is 527 g/mol. The van der Waals surface area contributed by atoms with Crippen LogP contribution in [0.1, 0.15) is 27.4 Å². The van der Waals surface area contributed by atoms with Gasteiger partial charge in [-0.3, -0.25) is 14.0 Å². The number of nitrogens with one attached hydrogen (secondary N) is 2. The number of amides is 1. The van der Waals surface area contributed by atoms with E-state index in [-0.39, 0.29) is 34.3 Å². The number of hydrogen-bond donors (Lipinski definition) is 2. The molecular formula is C24H18Cl2FN6O3+. The SMILES string of the molecule is O=C(c1cc(Cc2c[nH]c(=O)c3cc(Cl)c(Cl)n23)ccc1F)N1CC[n+]2c(-c3ccco3)n[nH]c2C1. The van der Waals surface area contributed by atoms with E-state index in [2.05, 4.69) is 15.2 Å². The number of carbonyl (C=O) groups excluding carboxylic acids is 1. The molecule has 1 aromatic carbocycles. The highest BCUT2D eigenvalue weighted by molar-refractivity contribution is 6.42. The summed E-state index contributed by atoms with van der Waals surface area (Å²) in [6, 6.07) is 9.47. The van der Waals surface area contributed by atoms with E-state index in [0.717, 1.165) is 0 Å². The maximum absolute atomic E-state index is 14.8. The lowest BCUT2D eigenvalue weighted by atomic mass is 10.0. The van der Waals surface area contributed by atoms with Crippen molar-refractivity contribution in [2.24, 2.45) is 0 Å². The van der Waals surface area contributed by atoms with E-state index in [9.17, 15) is 14.0 Å². The predicted molar refractivity (Wildman–Crippen MR) is 128 cm³/mol. The molecule has 1 amide bonds. The average Bonchev–Trinajstić information content (AvgIpc) is 3.61. The number of H-pyrrole nitrogens is 2. The molecule has 1 aliphatic rings. The van der Waals surface area contributed by atoms with Crippen LogP contribution in [0, 0.1) is 5.82 Å². The zero-order valence-electron chi connectivity index (χ0n) is 18.6. The molecule has 12 heteroatoms. The third-order valence-corrected chi connectivity index (χ3v) is 7.03. The summed E-state index contributed by atoms with van der Waals surface area (Å²) >= 11 is 12.4. The fourth-order valence-corrected chi connectivity index (χ4v) is 4.97. The maximum atomic E-state index is 14.8. The summed E-state index contributed by atoms with van der Waals surface area (Å²) in [7, 11) is 0. The first-order valence-electron chi connectivity index (χ1n) is 11.1. The van der Waals surface area contributed by atoms with Crippen LogP contribution in [0.25, 0.3) is 17.1 Å². The Morgan fingerprint density at radius 1 is 1.25 bits per heavy atom. The normalized spacial score (nSPS) is 13.4. The lowest BCUT2D eigenvalue weighted by Crippen LogP contribution is -2.52. The standard InChI is InChI=1S/C24H17Cl2FN6O3/c25-16-10-18-23(34)28-11-14(33(18)21(16)26)8-13-3-4-17(27)15(9-13)24(35)31-5-6-32-20(12-31)29-30-22(32)19-2-1-7-36-19/h1-4,7,9-11H,5-6,8,12H2,(H,28,34)/p+1. The minimum Gasteiger partial charge on any atom is -0.458 e. The molecule has 1 aliphatic heterocycles. The van der Waals surface area contributed by atoms with Crippen LogP contribution in [0.4, 0.5) is 4.39 Å². The molecule has 6 rings (SSSR count). The molecule has 9 nitrogen and oxygen atoms in total. The Morgan fingerprint density at radius 2 is 2.11 bits per heavy atom. The molecule has 0 unspecified atom stereocenters. The van der Waals surface area contributed by atoms with Gasteiger partial charge < -0.3 is 14.3 Å². The summed E-state index contributed by atoms with van der Waals surface area (Å²) in [5, 5.41) is 7.72. The van der Waals surface area contributed by atoms with Crippen molar-refractivity contribution in [3.05, 3.63) is 97.9 Å². The van der Waals surface area contributed by atoms with Crippen LogP contribution in [0.15, 0.2) is 58.1 Å². The second kappa shape index (κ2) is 8.65. The van der Waals surface area contributed by atoms with Gasteiger partial charge in [0, 0.05) is 23.4 Å². The van der Waals surface area contributed by atoms with Crippen molar-refractivity contribution >= 4 is 34.6 Å². The molecule has 36 heavy (non-hydrogen) atoms. The molecule has 0 bridgehead atoms. The van der Waals surface area contributed by atoms with Gasteiger partial charge in [0.1, 0.15) is 23.0 Å². The molecular weight excluding hydrogens is 510 g/mol. The Balaban J connectivity index is 1.28. The Kier molecular flexibility index (Phi) is 5.42. The molecule has 5 heterocycles. The Hall–Kier alpha value is -3.89. The number of furan rings is 1. The third-order valence-electron chi connectivity index (χ3n) is 6.27. The van der Waals surface area contributed by atoms with Crippen molar-refractivity contribution in [1.29, 1.82) is 0 Å². The van der Waals surface area contributed by atoms with Crippen molar-refractivity contribution in [1.82, 2.24) is 24.5 Å². The Labute approximate surface area is 212 Å². The lowest BCUT2D eigenvalue weighted by molar-refractivity contribution is -0.700. The van der Waals surface area contributed by atoms with Gasteiger partial charge in [0.05, 0.1) is 29.9 Å². The average molecular weight is 528 g/mol. The highest BCUT2D eigenvalue weighted by Crippen LogP contribution is 2.27. The molecule has 0 saturated carbocycles. The van der Waals surface area contributed by atoms with Gasteiger partial charge in [-0.2, -0.15) is 0 Å². The molecule has 4 aromatic heterocycles. The van der Waals surface area contributed by atoms with E-state index in [1.54, 1.807) is 27.7 Å². The summed E-state index contributed by atoms with van der Waals surface area (Å²) in [6.45, 7) is 1.11. The zero-order valence-corrected chi connectivity index (χ0v) is 20.1. The summed E-state index contributed by atoms with van der Waals surface area (Å²) in [6.07, 6.45) is 3.38. The number of nitrogens with zero attached hydrogens (tertiary/aromatic N) is 4. The summed E-state index contributed by atoms with van der Waals surface area (Å²) in [5.74, 6) is 0.940. The number of fused-ring (bicyclic) bond motifs is 2. The van der Waals surface area contributed by atoms with Crippen LogP contribution in [-0.2, 0) is 19.5 Å². The van der Waals surface area contributed by atoms with Gasteiger partial charge in [-0.1, -0.05) is 29.3 Å². The van der Waals surface area contributed by atoms with Crippen LogP contribution in [0.2, 0.25) is 10.2 Å². The predicted octanol–water partition coefficient (Wildman–Crippen LogP) is 3.59.